The number of rotatable bonds is 2. The Balaban J connectivity index is 0.00000225. The number of hydrogen-bond acceptors (Lipinski definition) is 3. The fraction of sp³-hybridized carbons (Fsp3) is 0.409. The molecule has 0 radical (unpaired) electrons. The second-order valence-corrected chi connectivity index (χ2v) is 8.57. The van der Waals surface area contributed by atoms with Crippen LogP contribution in [-0.4, -0.2) is 24.0 Å². The molecule has 0 saturated carbocycles. The predicted molar refractivity (Wildman–Crippen MR) is 108 cm³/mol. The van der Waals surface area contributed by atoms with E-state index in [0.29, 0.717) is 35.6 Å². The van der Waals surface area contributed by atoms with Gasteiger partial charge in [-0.3, -0.25) is 4.99 Å². The van der Waals surface area contributed by atoms with Crippen LogP contribution < -0.4 is 9.47 Å². The number of benzene rings is 2. The SMILES string of the molecule is COc1cc2c(c3c1OC(C)(C)C3)C(c1cc(F)cc(F)c1)=NC(C)(C)C2.Cl. The highest BCUT2D eigenvalue weighted by Gasteiger charge is 2.39. The number of hydrogen-bond donors (Lipinski definition) is 0. The van der Waals surface area contributed by atoms with Crippen molar-refractivity contribution < 1.29 is 18.3 Å². The average Bonchev–Trinajstić information content (AvgIpc) is 2.86. The van der Waals surface area contributed by atoms with Crippen LogP contribution in [0, 0.1) is 11.6 Å². The lowest BCUT2D eigenvalue weighted by molar-refractivity contribution is 0.134. The van der Waals surface area contributed by atoms with Gasteiger partial charge in [0.25, 0.3) is 0 Å². The maximum absolute atomic E-state index is 13.9. The van der Waals surface area contributed by atoms with Gasteiger partial charge in [-0.2, -0.15) is 0 Å². The lowest BCUT2D eigenvalue weighted by atomic mass is 9.81. The molecular weight excluding hydrogens is 384 g/mol. The summed E-state index contributed by atoms with van der Waals surface area (Å²) in [6, 6.07) is 5.53. The highest BCUT2D eigenvalue weighted by molar-refractivity contribution is 6.16. The molecule has 0 spiro atoms. The van der Waals surface area contributed by atoms with Crippen molar-refractivity contribution in [2.24, 2.45) is 4.99 Å². The van der Waals surface area contributed by atoms with E-state index in [0.717, 1.165) is 22.8 Å². The largest absolute Gasteiger partial charge is 0.493 e. The lowest BCUT2D eigenvalue weighted by Crippen LogP contribution is -2.30. The molecule has 2 heterocycles. The molecule has 0 aromatic heterocycles. The fourth-order valence-corrected chi connectivity index (χ4v) is 4.12. The Kier molecular flexibility index (Phi) is 4.95. The second kappa shape index (κ2) is 6.73. The number of nitrogens with zero attached hydrogens (tertiary/aromatic N) is 1. The summed E-state index contributed by atoms with van der Waals surface area (Å²) in [5, 5.41) is 0. The molecule has 0 N–H and O–H groups in total. The lowest BCUT2D eigenvalue weighted by Gasteiger charge is -2.31. The monoisotopic (exact) mass is 407 g/mol. The zero-order valence-corrected chi connectivity index (χ0v) is 17.5. The summed E-state index contributed by atoms with van der Waals surface area (Å²) in [4.78, 5) is 4.88. The number of ether oxygens (including phenoxy) is 2. The van der Waals surface area contributed by atoms with E-state index in [-0.39, 0.29) is 23.5 Å². The normalized spacial score (nSPS) is 18.3. The zero-order chi connectivity index (χ0) is 19.6. The minimum atomic E-state index is -0.612. The Bertz CT molecular complexity index is 963. The molecule has 0 aliphatic carbocycles. The molecule has 28 heavy (non-hydrogen) atoms. The molecule has 0 amide bonds. The van der Waals surface area contributed by atoms with Crippen molar-refractivity contribution in [3.05, 3.63) is 58.2 Å². The molecule has 0 unspecified atom stereocenters. The number of methoxy groups -OCH3 is 1. The summed E-state index contributed by atoms with van der Waals surface area (Å²) in [6.07, 6.45) is 1.40. The van der Waals surface area contributed by atoms with E-state index in [1.165, 1.54) is 12.1 Å². The summed E-state index contributed by atoms with van der Waals surface area (Å²) in [7, 11) is 1.63. The maximum Gasteiger partial charge on any atom is 0.166 e. The van der Waals surface area contributed by atoms with Crippen LogP contribution >= 0.6 is 12.4 Å². The Morgan fingerprint density at radius 1 is 1.00 bits per heavy atom. The van der Waals surface area contributed by atoms with Gasteiger partial charge in [-0.1, -0.05) is 0 Å². The smallest absolute Gasteiger partial charge is 0.166 e. The second-order valence-electron chi connectivity index (χ2n) is 8.57. The molecule has 2 aliphatic heterocycles. The van der Waals surface area contributed by atoms with Gasteiger partial charge in [0.15, 0.2) is 11.5 Å². The van der Waals surface area contributed by atoms with Gasteiger partial charge in [0.05, 0.1) is 18.4 Å². The highest BCUT2D eigenvalue weighted by atomic mass is 35.5. The topological polar surface area (TPSA) is 30.8 Å². The van der Waals surface area contributed by atoms with E-state index < -0.39 is 11.6 Å². The summed E-state index contributed by atoms with van der Waals surface area (Å²) < 4.78 is 39.6. The van der Waals surface area contributed by atoms with Crippen LogP contribution in [0.3, 0.4) is 0 Å². The average molecular weight is 408 g/mol. The first kappa shape index (κ1) is 20.6. The first-order valence-electron chi connectivity index (χ1n) is 9.07. The van der Waals surface area contributed by atoms with Crippen LogP contribution in [0.15, 0.2) is 29.3 Å². The molecule has 2 aromatic carbocycles. The maximum atomic E-state index is 13.9. The third-order valence-electron chi connectivity index (χ3n) is 5.04. The summed E-state index contributed by atoms with van der Waals surface area (Å²) >= 11 is 0. The third-order valence-corrected chi connectivity index (χ3v) is 5.04. The summed E-state index contributed by atoms with van der Waals surface area (Å²) in [5.74, 6) is 0.168. The van der Waals surface area contributed by atoms with Gasteiger partial charge in [0, 0.05) is 29.2 Å². The molecule has 0 saturated heterocycles. The molecule has 2 aromatic rings. The van der Waals surface area contributed by atoms with E-state index >= 15 is 0 Å². The van der Waals surface area contributed by atoms with Crippen molar-refractivity contribution in [2.75, 3.05) is 7.11 Å². The first-order chi connectivity index (χ1) is 12.6. The molecule has 2 aliphatic rings. The Morgan fingerprint density at radius 2 is 1.64 bits per heavy atom. The number of fused-ring (bicyclic) bond motifs is 3. The molecule has 6 heteroatoms. The Hall–Kier alpha value is -2.14. The van der Waals surface area contributed by atoms with Gasteiger partial charge < -0.3 is 9.47 Å². The van der Waals surface area contributed by atoms with Crippen molar-refractivity contribution in [3.8, 4) is 11.5 Å². The van der Waals surface area contributed by atoms with Gasteiger partial charge in [-0.15, -0.1) is 12.4 Å². The number of halogens is 3. The molecule has 0 atom stereocenters. The first-order valence-corrected chi connectivity index (χ1v) is 9.07. The minimum absolute atomic E-state index is 0. The summed E-state index contributed by atoms with van der Waals surface area (Å²) in [6.45, 7) is 8.08. The Morgan fingerprint density at radius 3 is 2.25 bits per heavy atom. The molecule has 4 rings (SSSR count). The van der Waals surface area contributed by atoms with Crippen molar-refractivity contribution in [1.82, 2.24) is 0 Å². The van der Waals surface area contributed by atoms with Crippen LogP contribution in [0.1, 0.15) is 49.9 Å². The Labute approximate surface area is 170 Å². The molecule has 3 nitrogen and oxygen atoms in total. The van der Waals surface area contributed by atoms with Crippen molar-refractivity contribution in [3.63, 3.8) is 0 Å². The van der Waals surface area contributed by atoms with Gasteiger partial charge >= 0.3 is 0 Å². The van der Waals surface area contributed by atoms with Crippen molar-refractivity contribution >= 4 is 18.1 Å². The van der Waals surface area contributed by atoms with Crippen LogP contribution in [0.25, 0.3) is 0 Å². The summed E-state index contributed by atoms with van der Waals surface area (Å²) in [5.41, 5.74) is 3.26. The fourth-order valence-electron chi connectivity index (χ4n) is 4.12. The van der Waals surface area contributed by atoms with Crippen LogP contribution in [0.4, 0.5) is 8.78 Å². The van der Waals surface area contributed by atoms with E-state index in [4.69, 9.17) is 14.5 Å². The van der Waals surface area contributed by atoms with Crippen LogP contribution in [0.2, 0.25) is 0 Å². The minimum Gasteiger partial charge on any atom is -0.493 e. The molecule has 0 fully saturated rings. The number of aliphatic imine (C=N–C) groups is 1. The standard InChI is InChI=1S/C22H23F2NO2.ClH/c1-21(2)10-13-8-17(26-5)20-16(11-22(3,4)27-20)18(13)19(25-21)12-6-14(23)9-15(24)7-12;/h6-9H,10-11H2,1-5H3;1H. The zero-order valence-electron chi connectivity index (χ0n) is 16.7. The van der Waals surface area contributed by atoms with Gasteiger partial charge in [-0.25, -0.2) is 8.78 Å². The third kappa shape index (κ3) is 3.48. The van der Waals surface area contributed by atoms with Crippen molar-refractivity contribution in [1.29, 1.82) is 0 Å². The van der Waals surface area contributed by atoms with Crippen LogP contribution in [-0.2, 0) is 12.8 Å². The highest BCUT2D eigenvalue weighted by Crippen LogP contribution is 2.47. The molecule has 0 bridgehead atoms. The molecular formula is C22H24ClF2NO2. The quantitative estimate of drug-likeness (QED) is 0.678. The van der Waals surface area contributed by atoms with E-state index in [1.54, 1.807) is 7.11 Å². The van der Waals surface area contributed by atoms with Gasteiger partial charge in [-0.05, 0) is 57.9 Å². The van der Waals surface area contributed by atoms with E-state index in [9.17, 15) is 8.78 Å². The molecule has 150 valence electrons. The van der Waals surface area contributed by atoms with Gasteiger partial charge in [0.2, 0.25) is 0 Å². The van der Waals surface area contributed by atoms with Gasteiger partial charge in [0.1, 0.15) is 17.2 Å². The van der Waals surface area contributed by atoms with E-state index in [2.05, 4.69) is 0 Å². The predicted octanol–water partition coefficient (Wildman–Crippen LogP) is 5.28. The van der Waals surface area contributed by atoms with Crippen molar-refractivity contribution in [2.45, 2.75) is 51.7 Å². The van der Waals surface area contributed by atoms with E-state index in [1.807, 2.05) is 33.8 Å². The van der Waals surface area contributed by atoms with Crippen LogP contribution in [0.5, 0.6) is 11.5 Å².